The van der Waals surface area contributed by atoms with Gasteiger partial charge in [0.1, 0.15) is 5.75 Å². The van der Waals surface area contributed by atoms with E-state index in [-0.39, 0.29) is 6.10 Å². The number of aliphatic hydroxyl groups is 1. The smallest absolute Gasteiger partial charge is 0.123 e. The maximum absolute atomic E-state index is 9.58. The van der Waals surface area contributed by atoms with Crippen LogP contribution >= 0.6 is 0 Å². The number of rotatable bonds is 6. The molecule has 0 bridgehead atoms. The van der Waals surface area contributed by atoms with Crippen LogP contribution in [0.25, 0.3) is 10.8 Å². The minimum absolute atomic E-state index is 0.291. The van der Waals surface area contributed by atoms with Crippen molar-refractivity contribution < 1.29 is 9.84 Å². The van der Waals surface area contributed by atoms with E-state index < -0.39 is 0 Å². The van der Waals surface area contributed by atoms with Gasteiger partial charge in [0.05, 0.1) is 13.2 Å². The average Bonchev–Trinajstić information content (AvgIpc) is 2.47. The highest BCUT2D eigenvalue weighted by Crippen LogP contribution is 2.27. The summed E-state index contributed by atoms with van der Waals surface area (Å²) in [6, 6.07) is 12.3. The fourth-order valence-corrected chi connectivity index (χ4v) is 2.20. The lowest BCUT2D eigenvalue weighted by atomic mass is 10.0. The van der Waals surface area contributed by atoms with Gasteiger partial charge in [0.15, 0.2) is 0 Å². The van der Waals surface area contributed by atoms with Gasteiger partial charge in [0.25, 0.3) is 0 Å². The molecule has 2 aromatic rings. The molecule has 1 unspecified atom stereocenters. The Bertz CT molecular complexity index is 539. The topological polar surface area (TPSA) is 41.5 Å². The first-order chi connectivity index (χ1) is 9.26. The van der Waals surface area contributed by atoms with Crippen LogP contribution in [0.3, 0.4) is 0 Å². The summed E-state index contributed by atoms with van der Waals surface area (Å²) in [5, 5.41) is 15.3. The molecule has 0 saturated carbocycles. The second-order valence-corrected chi connectivity index (χ2v) is 4.66. The minimum atomic E-state index is -0.291. The van der Waals surface area contributed by atoms with Crippen molar-refractivity contribution in [3.63, 3.8) is 0 Å². The Balaban J connectivity index is 2.23. The second-order valence-electron chi connectivity index (χ2n) is 4.66. The lowest BCUT2D eigenvalue weighted by Gasteiger charge is -2.14. The van der Waals surface area contributed by atoms with E-state index >= 15 is 0 Å². The van der Waals surface area contributed by atoms with Crippen LogP contribution in [-0.2, 0) is 6.54 Å². The molecule has 0 heterocycles. The maximum atomic E-state index is 9.58. The molecular formula is C16H21NO2. The molecule has 1 atom stereocenters. The number of hydrogen-bond acceptors (Lipinski definition) is 3. The zero-order chi connectivity index (χ0) is 13.7. The zero-order valence-corrected chi connectivity index (χ0v) is 11.5. The largest absolute Gasteiger partial charge is 0.496 e. The van der Waals surface area contributed by atoms with Crippen molar-refractivity contribution in [1.29, 1.82) is 0 Å². The Labute approximate surface area is 114 Å². The van der Waals surface area contributed by atoms with E-state index in [0.29, 0.717) is 13.1 Å². The molecule has 0 radical (unpaired) electrons. The van der Waals surface area contributed by atoms with E-state index in [4.69, 9.17) is 4.74 Å². The Kier molecular flexibility index (Phi) is 4.77. The van der Waals surface area contributed by atoms with Crippen molar-refractivity contribution in [2.45, 2.75) is 26.0 Å². The third kappa shape index (κ3) is 3.25. The van der Waals surface area contributed by atoms with Crippen molar-refractivity contribution in [3.8, 4) is 5.75 Å². The molecule has 2 N–H and O–H groups in total. The van der Waals surface area contributed by atoms with E-state index in [9.17, 15) is 5.11 Å². The van der Waals surface area contributed by atoms with Crippen LogP contribution in [0, 0.1) is 0 Å². The first kappa shape index (κ1) is 13.8. The van der Waals surface area contributed by atoms with Crippen LogP contribution in [0.1, 0.15) is 18.9 Å². The first-order valence-electron chi connectivity index (χ1n) is 6.69. The zero-order valence-electron chi connectivity index (χ0n) is 11.5. The summed E-state index contributed by atoms with van der Waals surface area (Å²) < 4.78 is 5.43. The van der Waals surface area contributed by atoms with Gasteiger partial charge < -0.3 is 15.2 Å². The quantitative estimate of drug-likeness (QED) is 0.838. The number of hydrogen-bond donors (Lipinski definition) is 2. The standard InChI is InChI=1S/C16H21NO2/c1-3-13(18)10-17-11-15-14-7-5-4-6-12(14)8-9-16(15)19-2/h4-9,13,17-18H,3,10-11H2,1-2H3. The van der Waals surface area contributed by atoms with E-state index in [0.717, 1.165) is 17.7 Å². The highest BCUT2D eigenvalue weighted by molar-refractivity contribution is 5.87. The summed E-state index contributed by atoms with van der Waals surface area (Å²) in [5.74, 6) is 0.886. The summed E-state index contributed by atoms with van der Waals surface area (Å²) in [5.41, 5.74) is 1.14. The molecule has 0 amide bonds. The third-order valence-electron chi connectivity index (χ3n) is 3.37. The van der Waals surface area contributed by atoms with Crippen molar-refractivity contribution in [1.82, 2.24) is 5.32 Å². The van der Waals surface area contributed by atoms with E-state index in [2.05, 4.69) is 23.5 Å². The molecule has 0 fully saturated rings. The maximum Gasteiger partial charge on any atom is 0.123 e. The fraction of sp³-hybridized carbons (Fsp3) is 0.375. The van der Waals surface area contributed by atoms with Crippen LogP contribution in [0.4, 0.5) is 0 Å². The molecule has 19 heavy (non-hydrogen) atoms. The Hall–Kier alpha value is -1.58. The molecule has 0 spiro atoms. The number of fused-ring (bicyclic) bond motifs is 1. The summed E-state index contributed by atoms with van der Waals surface area (Å²) >= 11 is 0. The predicted octanol–water partition coefficient (Wildman–Crippen LogP) is 2.71. The van der Waals surface area contributed by atoms with Gasteiger partial charge in [-0.25, -0.2) is 0 Å². The predicted molar refractivity (Wildman–Crippen MR) is 78.5 cm³/mol. The van der Waals surface area contributed by atoms with Gasteiger partial charge in [0, 0.05) is 18.7 Å². The van der Waals surface area contributed by atoms with Gasteiger partial charge in [0.2, 0.25) is 0 Å². The molecule has 0 saturated heterocycles. The van der Waals surface area contributed by atoms with Gasteiger partial charge in [-0.15, -0.1) is 0 Å². The summed E-state index contributed by atoms with van der Waals surface area (Å²) in [7, 11) is 1.69. The van der Waals surface area contributed by atoms with Crippen LogP contribution in [0.5, 0.6) is 5.75 Å². The van der Waals surface area contributed by atoms with Crippen molar-refractivity contribution in [2.75, 3.05) is 13.7 Å². The highest BCUT2D eigenvalue weighted by atomic mass is 16.5. The molecule has 3 heteroatoms. The van der Waals surface area contributed by atoms with Crippen LogP contribution in [0.2, 0.25) is 0 Å². The summed E-state index contributed by atoms with van der Waals surface area (Å²) in [6.45, 7) is 3.27. The highest BCUT2D eigenvalue weighted by Gasteiger charge is 2.08. The van der Waals surface area contributed by atoms with Crippen LogP contribution < -0.4 is 10.1 Å². The van der Waals surface area contributed by atoms with Gasteiger partial charge >= 0.3 is 0 Å². The lowest BCUT2D eigenvalue weighted by Crippen LogP contribution is -2.25. The Morgan fingerprint density at radius 2 is 2.00 bits per heavy atom. The first-order valence-corrected chi connectivity index (χ1v) is 6.69. The molecule has 3 nitrogen and oxygen atoms in total. The molecule has 2 rings (SSSR count). The van der Waals surface area contributed by atoms with Gasteiger partial charge in [-0.3, -0.25) is 0 Å². The van der Waals surface area contributed by atoms with Gasteiger partial charge in [-0.1, -0.05) is 37.3 Å². The molecule has 0 aromatic heterocycles. The summed E-state index contributed by atoms with van der Waals surface area (Å²) in [4.78, 5) is 0. The van der Waals surface area contributed by atoms with Crippen molar-refractivity contribution in [2.24, 2.45) is 0 Å². The molecule has 2 aromatic carbocycles. The second kappa shape index (κ2) is 6.55. The fourth-order valence-electron chi connectivity index (χ4n) is 2.20. The van der Waals surface area contributed by atoms with E-state index in [1.165, 1.54) is 10.8 Å². The number of benzene rings is 2. The molecule has 0 aliphatic rings. The average molecular weight is 259 g/mol. The van der Waals surface area contributed by atoms with Gasteiger partial charge in [-0.05, 0) is 23.3 Å². The van der Waals surface area contributed by atoms with Crippen molar-refractivity contribution >= 4 is 10.8 Å². The Morgan fingerprint density at radius 1 is 1.21 bits per heavy atom. The number of aliphatic hydroxyl groups excluding tert-OH is 1. The van der Waals surface area contributed by atoms with Crippen LogP contribution in [-0.4, -0.2) is 24.9 Å². The SMILES string of the molecule is CCC(O)CNCc1c(OC)ccc2ccccc12. The van der Waals surface area contributed by atoms with Gasteiger partial charge in [-0.2, -0.15) is 0 Å². The lowest BCUT2D eigenvalue weighted by molar-refractivity contribution is 0.167. The third-order valence-corrected chi connectivity index (χ3v) is 3.37. The number of methoxy groups -OCH3 is 1. The van der Waals surface area contributed by atoms with E-state index in [1.807, 2.05) is 25.1 Å². The number of ether oxygens (including phenoxy) is 1. The monoisotopic (exact) mass is 259 g/mol. The molecule has 0 aliphatic carbocycles. The normalized spacial score (nSPS) is 12.6. The number of nitrogens with one attached hydrogen (secondary N) is 1. The summed E-state index contributed by atoms with van der Waals surface area (Å²) in [6.07, 6.45) is 0.473. The van der Waals surface area contributed by atoms with Crippen molar-refractivity contribution in [3.05, 3.63) is 42.0 Å². The molecular weight excluding hydrogens is 238 g/mol. The Morgan fingerprint density at radius 3 is 2.74 bits per heavy atom. The minimum Gasteiger partial charge on any atom is -0.496 e. The van der Waals surface area contributed by atoms with E-state index in [1.54, 1.807) is 7.11 Å². The van der Waals surface area contributed by atoms with Crippen LogP contribution in [0.15, 0.2) is 36.4 Å². The molecule has 102 valence electrons. The molecule has 0 aliphatic heterocycles.